The highest BCUT2D eigenvalue weighted by Crippen LogP contribution is 2.41. The van der Waals surface area contributed by atoms with E-state index in [0.717, 1.165) is 28.6 Å². The fourth-order valence-electron chi connectivity index (χ4n) is 2.93. The summed E-state index contributed by atoms with van der Waals surface area (Å²) in [6.45, 7) is 0.956. The summed E-state index contributed by atoms with van der Waals surface area (Å²) in [4.78, 5) is 0. The first-order valence-electron chi connectivity index (χ1n) is 6.51. The highest BCUT2D eigenvalue weighted by Gasteiger charge is 2.32. The molecule has 1 aliphatic carbocycles. The Kier molecular flexibility index (Phi) is 3.34. The van der Waals surface area contributed by atoms with Gasteiger partial charge in [-0.05, 0) is 30.5 Å². The second-order valence-electron chi connectivity index (χ2n) is 5.27. The number of hydrogen-bond acceptors (Lipinski definition) is 3. The van der Waals surface area contributed by atoms with Crippen LogP contribution in [0.1, 0.15) is 43.2 Å². The number of fused-ring (bicyclic) bond motifs is 1. The van der Waals surface area contributed by atoms with E-state index in [4.69, 9.17) is 15.2 Å². The lowest BCUT2D eigenvalue weighted by Crippen LogP contribution is -2.39. The number of rotatable bonds is 1. The molecule has 0 bridgehead atoms. The minimum Gasteiger partial charge on any atom is -0.467 e. The number of halogens is 1. The Balaban J connectivity index is 2.00. The van der Waals surface area contributed by atoms with Crippen LogP contribution in [0, 0.1) is 0 Å². The normalized spacial score (nSPS) is 22.1. The largest absolute Gasteiger partial charge is 0.467 e. The Morgan fingerprint density at radius 3 is 2.72 bits per heavy atom. The fourth-order valence-corrected chi connectivity index (χ4v) is 3.72. The molecule has 3 rings (SSSR count). The van der Waals surface area contributed by atoms with Crippen LogP contribution in [0.15, 0.2) is 16.6 Å². The zero-order chi connectivity index (χ0) is 12.6. The van der Waals surface area contributed by atoms with E-state index < -0.39 is 0 Å². The molecule has 0 saturated heterocycles. The standard InChI is InChI=1S/C14H18BrNO2/c15-12-6-10-8-17-9-18-13(10)7-11(12)14(16)4-2-1-3-5-14/h6-7H,1-5,8-9,16H2. The van der Waals surface area contributed by atoms with Gasteiger partial charge in [0.1, 0.15) is 5.75 Å². The van der Waals surface area contributed by atoms with Crippen LogP contribution >= 0.6 is 15.9 Å². The number of ether oxygens (including phenoxy) is 2. The quantitative estimate of drug-likeness (QED) is 0.864. The van der Waals surface area contributed by atoms with Crippen molar-refractivity contribution < 1.29 is 9.47 Å². The molecule has 0 amide bonds. The predicted molar refractivity (Wildman–Crippen MR) is 73.4 cm³/mol. The van der Waals surface area contributed by atoms with Gasteiger partial charge in [-0.25, -0.2) is 0 Å². The molecule has 4 heteroatoms. The molecule has 1 aromatic rings. The van der Waals surface area contributed by atoms with Crippen LogP contribution in [0.25, 0.3) is 0 Å². The lowest BCUT2D eigenvalue weighted by molar-refractivity contribution is -0.0165. The van der Waals surface area contributed by atoms with Gasteiger partial charge in [-0.1, -0.05) is 35.2 Å². The molecule has 0 atom stereocenters. The lowest BCUT2D eigenvalue weighted by Gasteiger charge is -2.35. The van der Waals surface area contributed by atoms with E-state index in [2.05, 4.69) is 28.1 Å². The average molecular weight is 312 g/mol. The van der Waals surface area contributed by atoms with Crippen molar-refractivity contribution in [3.05, 3.63) is 27.7 Å². The van der Waals surface area contributed by atoms with E-state index in [1.54, 1.807) is 0 Å². The van der Waals surface area contributed by atoms with Gasteiger partial charge < -0.3 is 15.2 Å². The second-order valence-corrected chi connectivity index (χ2v) is 6.12. The molecule has 2 N–H and O–H groups in total. The molecule has 1 aliphatic heterocycles. The van der Waals surface area contributed by atoms with E-state index in [9.17, 15) is 0 Å². The maximum absolute atomic E-state index is 6.60. The molecule has 0 aromatic heterocycles. The number of hydrogen-bond donors (Lipinski definition) is 1. The van der Waals surface area contributed by atoms with E-state index in [1.165, 1.54) is 24.8 Å². The zero-order valence-electron chi connectivity index (χ0n) is 10.4. The van der Waals surface area contributed by atoms with Crippen molar-refractivity contribution in [1.82, 2.24) is 0 Å². The van der Waals surface area contributed by atoms with Gasteiger partial charge >= 0.3 is 0 Å². The van der Waals surface area contributed by atoms with E-state index in [-0.39, 0.29) is 5.54 Å². The molecule has 1 fully saturated rings. The van der Waals surface area contributed by atoms with Gasteiger partial charge in [0, 0.05) is 15.6 Å². The van der Waals surface area contributed by atoms with Crippen molar-refractivity contribution in [2.24, 2.45) is 5.73 Å². The Bertz CT molecular complexity index is 455. The van der Waals surface area contributed by atoms with Gasteiger partial charge in [-0.15, -0.1) is 0 Å². The lowest BCUT2D eigenvalue weighted by atomic mass is 9.77. The van der Waals surface area contributed by atoms with Gasteiger partial charge in [-0.3, -0.25) is 0 Å². The summed E-state index contributed by atoms with van der Waals surface area (Å²) in [5, 5.41) is 0. The average Bonchev–Trinajstić information content (AvgIpc) is 2.38. The minimum atomic E-state index is -0.201. The summed E-state index contributed by atoms with van der Waals surface area (Å²) in [5.41, 5.74) is 8.67. The number of nitrogens with two attached hydrogens (primary N) is 1. The highest BCUT2D eigenvalue weighted by atomic mass is 79.9. The van der Waals surface area contributed by atoms with Crippen molar-refractivity contribution in [2.75, 3.05) is 6.79 Å². The Labute approximate surface area is 116 Å². The molecular weight excluding hydrogens is 294 g/mol. The van der Waals surface area contributed by atoms with Gasteiger partial charge in [-0.2, -0.15) is 0 Å². The van der Waals surface area contributed by atoms with E-state index in [1.807, 2.05) is 0 Å². The maximum atomic E-state index is 6.60. The maximum Gasteiger partial charge on any atom is 0.189 e. The van der Waals surface area contributed by atoms with Crippen LogP contribution in [-0.2, 0) is 16.9 Å². The Morgan fingerprint density at radius 1 is 1.17 bits per heavy atom. The van der Waals surface area contributed by atoms with Crippen molar-refractivity contribution in [3.8, 4) is 5.75 Å². The van der Waals surface area contributed by atoms with Gasteiger partial charge in [0.15, 0.2) is 6.79 Å². The first kappa shape index (κ1) is 12.5. The Morgan fingerprint density at radius 2 is 1.94 bits per heavy atom. The molecule has 0 spiro atoms. The second kappa shape index (κ2) is 4.83. The molecule has 3 nitrogen and oxygen atoms in total. The summed E-state index contributed by atoms with van der Waals surface area (Å²) in [5.74, 6) is 0.926. The van der Waals surface area contributed by atoms with Crippen LogP contribution in [-0.4, -0.2) is 6.79 Å². The van der Waals surface area contributed by atoms with E-state index >= 15 is 0 Å². The summed E-state index contributed by atoms with van der Waals surface area (Å²) < 4.78 is 11.9. The minimum absolute atomic E-state index is 0.201. The monoisotopic (exact) mass is 311 g/mol. The van der Waals surface area contributed by atoms with Crippen LogP contribution in [0.4, 0.5) is 0 Å². The number of benzene rings is 1. The van der Waals surface area contributed by atoms with Crippen LogP contribution in [0.2, 0.25) is 0 Å². The van der Waals surface area contributed by atoms with Crippen LogP contribution < -0.4 is 10.5 Å². The highest BCUT2D eigenvalue weighted by molar-refractivity contribution is 9.10. The molecule has 1 heterocycles. The topological polar surface area (TPSA) is 44.5 Å². The summed E-state index contributed by atoms with van der Waals surface area (Å²) in [7, 11) is 0. The predicted octanol–water partition coefficient (Wildman–Crippen LogP) is 3.43. The molecule has 18 heavy (non-hydrogen) atoms. The van der Waals surface area contributed by atoms with E-state index in [0.29, 0.717) is 13.4 Å². The SMILES string of the molecule is NC1(c2cc3c(cc2Br)COCO3)CCCCC1. The van der Waals surface area contributed by atoms with Gasteiger partial charge in [0.25, 0.3) is 0 Å². The van der Waals surface area contributed by atoms with Crippen molar-refractivity contribution >= 4 is 15.9 Å². The third-order valence-electron chi connectivity index (χ3n) is 3.99. The molecule has 98 valence electrons. The van der Waals surface area contributed by atoms with Crippen molar-refractivity contribution in [2.45, 2.75) is 44.2 Å². The summed E-state index contributed by atoms with van der Waals surface area (Å²) in [6, 6.07) is 4.19. The third kappa shape index (κ3) is 2.17. The summed E-state index contributed by atoms with van der Waals surface area (Å²) >= 11 is 3.66. The first-order chi connectivity index (χ1) is 8.69. The third-order valence-corrected chi connectivity index (χ3v) is 4.64. The van der Waals surface area contributed by atoms with Crippen LogP contribution in [0.3, 0.4) is 0 Å². The molecule has 0 radical (unpaired) electrons. The molecular formula is C14H18BrNO2. The summed E-state index contributed by atoms with van der Waals surface area (Å²) in [6.07, 6.45) is 5.83. The molecule has 2 aliphatic rings. The molecule has 1 saturated carbocycles. The van der Waals surface area contributed by atoms with Gasteiger partial charge in [0.2, 0.25) is 0 Å². The Hall–Kier alpha value is -0.580. The van der Waals surface area contributed by atoms with Gasteiger partial charge in [0.05, 0.1) is 6.61 Å². The van der Waals surface area contributed by atoms with Crippen LogP contribution in [0.5, 0.6) is 5.75 Å². The first-order valence-corrected chi connectivity index (χ1v) is 7.31. The fraction of sp³-hybridized carbons (Fsp3) is 0.571. The molecule has 1 aromatic carbocycles. The smallest absolute Gasteiger partial charge is 0.189 e. The van der Waals surface area contributed by atoms with Crippen molar-refractivity contribution in [3.63, 3.8) is 0 Å². The molecule has 0 unspecified atom stereocenters. The van der Waals surface area contributed by atoms with Crippen molar-refractivity contribution in [1.29, 1.82) is 0 Å². The zero-order valence-corrected chi connectivity index (χ0v) is 12.0.